The monoisotopic (exact) mass is 461 g/mol. The van der Waals surface area contributed by atoms with Gasteiger partial charge in [-0.2, -0.15) is 0 Å². The highest BCUT2D eigenvalue weighted by atomic mass is 32.1. The number of carbonyl (C=O) groups excluding carboxylic acids is 2. The molecule has 0 radical (unpaired) electrons. The van der Waals surface area contributed by atoms with Gasteiger partial charge in [-0.05, 0) is 36.2 Å². The van der Waals surface area contributed by atoms with Gasteiger partial charge in [0.15, 0.2) is 5.11 Å². The molecule has 3 rings (SSSR count). The Morgan fingerprint density at radius 1 is 1.23 bits per heavy atom. The average molecular weight is 462 g/mol. The van der Waals surface area contributed by atoms with Crippen LogP contribution >= 0.6 is 34.9 Å². The van der Waals surface area contributed by atoms with Gasteiger partial charge in [0.2, 0.25) is 0 Å². The molecule has 2 aromatic heterocycles. The third-order valence-electron chi connectivity index (χ3n) is 3.84. The lowest BCUT2D eigenvalue weighted by molar-refractivity contribution is -0.384. The van der Waals surface area contributed by atoms with E-state index >= 15 is 0 Å². The van der Waals surface area contributed by atoms with E-state index in [0.29, 0.717) is 21.0 Å². The summed E-state index contributed by atoms with van der Waals surface area (Å²) in [6.07, 6.45) is 0. The van der Waals surface area contributed by atoms with Gasteiger partial charge in [-0.1, -0.05) is 18.2 Å². The molecular formula is C19H15N3O5S3. The first kappa shape index (κ1) is 21.6. The van der Waals surface area contributed by atoms with Crippen LogP contribution in [0.1, 0.15) is 27.0 Å². The molecule has 0 saturated carbocycles. The number of nitro benzene ring substituents is 1. The van der Waals surface area contributed by atoms with E-state index in [-0.39, 0.29) is 28.9 Å². The van der Waals surface area contributed by atoms with Crippen molar-refractivity contribution in [3.63, 3.8) is 0 Å². The summed E-state index contributed by atoms with van der Waals surface area (Å²) < 4.78 is 5.15. The first-order valence-corrected chi connectivity index (χ1v) is 10.8. The number of thiophene rings is 2. The number of hydrogen-bond acceptors (Lipinski definition) is 8. The van der Waals surface area contributed by atoms with E-state index in [4.69, 9.17) is 17.0 Å². The molecule has 0 aliphatic heterocycles. The van der Waals surface area contributed by atoms with E-state index < -0.39 is 10.9 Å². The summed E-state index contributed by atoms with van der Waals surface area (Å²) in [5.74, 6) is -0.967. The molecule has 2 heterocycles. The highest BCUT2D eigenvalue weighted by molar-refractivity contribution is 7.80. The van der Waals surface area contributed by atoms with Crippen LogP contribution in [0.4, 0.5) is 10.7 Å². The summed E-state index contributed by atoms with van der Waals surface area (Å²) in [6, 6.07) is 9.37. The summed E-state index contributed by atoms with van der Waals surface area (Å²) in [7, 11) is 0. The summed E-state index contributed by atoms with van der Waals surface area (Å²) >= 11 is 7.65. The zero-order valence-electron chi connectivity index (χ0n) is 15.5. The van der Waals surface area contributed by atoms with Crippen molar-refractivity contribution in [1.29, 1.82) is 0 Å². The molecule has 1 aromatic carbocycles. The first-order chi connectivity index (χ1) is 14.4. The average Bonchev–Trinajstić information content (AvgIpc) is 3.38. The highest BCUT2D eigenvalue weighted by Crippen LogP contribution is 2.37. The Morgan fingerprint density at radius 3 is 2.70 bits per heavy atom. The molecule has 0 saturated heterocycles. The van der Waals surface area contributed by atoms with Crippen LogP contribution in [0.5, 0.6) is 0 Å². The molecule has 0 aliphatic rings. The second-order valence-corrected chi connectivity index (χ2v) is 8.00. The van der Waals surface area contributed by atoms with Gasteiger partial charge in [0, 0.05) is 23.1 Å². The molecule has 0 unspecified atom stereocenters. The summed E-state index contributed by atoms with van der Waals surface area (Å²) in [4.78, 5) is 35.9. The van der Waals surface area contributed by atoms with Crippen molar-refractivity contribution in [3.05, 3.63) is 67.7 Å². The molecule has 1 amide bonds. The van der Waals surface area contributed by atoms with Gasteiger partial charge >= 0.3 is 5.97 Å². The van der Waals surface area contributed by atoms with Crippen LogP contribution in [0.25, 0.3) is 11.1 Å². The molecule has 11 heteroatoms. The fraction of sp³-hybridized carbons (Fsp3) is 0.105. The van der Waals surface area contributed by atoms with Crippen molar-refractivity contribution in [2.75, 3.05) is 11.9 Å². The van der Waals surface area contributed by atoms with Crippen LogP contribution in [-0.4, -0.2) is 28.5 Å². The van der Waals surface area contributed by atoms with E-state index in [1.54, 1.807) is 41.9 Å². The van der Waals surface area contributed by atoms with Crippen LogP contribution in [0.3, 0.4) is 0 Å². The van der Waals surface area contributed by atoms with Crippen molar-refractivity contribution in [3.8, 4) is 11.1 Å². The molecule has 8 nitrogen and oxygen atoms in total. The molecule has 0 aliphatic carbocycles. The Balaban J connectivity index is 1.90. The second kappa shape index (κ2) is 9.57. The van der Waals surface area contributed by atoms with Crippen molar-refractivity contribution >= 4 is 62.6 Å². The van der Waals surface area contributed by atoms with Crippen molar-refractivity contribution in [2.45, 2.75) is 6.92 Å². The second-order valence-electron chi connectivity index (χ2n) is 5.77. The van der Waals surface area contributed by atoms with Crippen LogP contribution in [0, 0.1) is 10.1 Å². The van der Waals surface area contributed by atoms with Gasteiger partial charge < -0.3 is 10.1 Å². The number of thiocarbonyl (C=S) groups is 1. The third-order valence-corrected chi connectivity index (χ3v) is 5.81. The summed E-state index contributed by atoms with van der Waals surface area (Å²) in [6.45, 7) is 1.83. The number of esters is 1. The predicted octanol–water partition coefficient (Wildman–Crippen LogP) is 4.69. The number of carbonyl (C=O) groups is 2. The number of benzene rings is 1. The Bertz CT molecular complexity index is 1110. The lowest BCUT2D eigenvalue weighted by atomic mass is 10.0. The fourth-order valence-corrected chi connectivity index (χ4v) is 4.40. The molecular weight excluding hydrogens is 446 g/mol. The van der Waals surface area contributed by atoms with E-state index in [2.05, 4.69) is 10.6 Å². The highest BCUT2D eigenvalue weighted by Gasteiger charge is 2.23. The number of nitrogens with one attached hydrogen (secondary N) is 2. The lowest BCUT2D eigenvalue weighted by Gasteiger charge is -2.11. The van der Waals surface area contributed by atoms with Gasteiger partial charge in [0.05, 0.1) is 16.4 Å². The summed E-state index contributed by atoms with van der Waals surface area (Å²) in [5, 5.41) is 20.4. The molecule has 3 aromatic rings. The quantitative estimate of drug-likeness (QED) is 0.237. The number of nitrogens with zero attached hydrogens (tertiary/aromatic N) is 1. The van der Waals surface area contributed by atoms with Gasteiger partial charge in [0.1, 0.15) is 10.6 Å². The first-order valence-electron chi connectivity index (χ1n) is 8.60. The minimum atomic E-state index is -0.602. The number of rotatable bonds is 6. The molecule has 154 valence electrons. The number of non-ortho nitro benzene ring substituents is 1. The SMILES string of the molecule is CCOC(=O)c1c(-c2cccc([N+](=O)[O-])c2)csc1NC(=S)NC(=O)c1cccs1. The zero-order valence-corrected chi connectivity index (χ0v) is 18.0. The lowest BCUT2D eigenvalue weighted by Crippen LogP contribution is -2.33. The van der Waals surface area contributed by atoms with E-state index in [1.165, 1.54) is 34.8 Å². The Kier molecular flexibility index (Phi) is 6.87. The normalized spacial score (nSPS) is 10.3. The van der Waals surface area contributed by atoms with Gasteiger partial charge in [-0.3, -0.25) is 20.2 Å². The number of ether oxygens (including phenoxy) is 1. The van der Waals surface area contributed by atoms with Crippen molar-refractivity contribution in [2.24, 2.45) is 0 Å². The molecule has 30 heavy (non-hydrogen) atoms. The largest absolute Gasteiger partial charge is 0.462 e. The number of hydrogen-bond donors (Lipinski definition) is 2. The topological polar surface area (TPSA) is 111 Å². The van der Waals surface area contributed by atoms with Gasteiger partial charge in [-0.25, -0.2) is 4.79 Å². The minimum Gasteiger partial charge on any atom is -0.462 e. The Morgan fingerprint density at radius 2 is 2.03 bits per heavy atom. The van der Waals surface area contributed by atoms with E-state index in [1.807, 2.05) is 0 Å². The van der Waals surface area contributed by atoms with E-state index in [9.17, 15) is 19.7 Å². The third kappa shape index (κ3) is 4.87. The molecule has 0 atom stereocenters. The van der Waals surface area contributed by atoms with Crippen LogP contribution in [0.2, 0.25) is 0 Å². The van der Waals surface area contributed by atoms with E-state index in [0.717, 1.165) is 0 Å². The molecule has 0 spiro atoms. The zero-order chi connectivity index (χ0) is 21.7. The fourth-order valence-electron chi connectivity index (χ4n) is 2.56. The number of amides is 1. The molecule has 2 N–H and O–H groups in total. The van der Waals surface area contributed by atoms with Gasteiger partial charge in [0.25, 0.3) is 11.6 Å². The molecule has 0 bridgehead atoms. The standard InChI is InChI=1S/C19H15N3O5S3/c1-2-27-18(24)15-13(11-5-3-6-12(9-11)22(25)26)10-30-17(15)21-19(28)20-16(23)14-7-4-8-29-14/h3-10H,2H2,1H3,(H2,20,21,23,28). The smallest absolute Gasteiger partial charge is 0.341 e. The summed E-state index contributed by atoms with van der Waals surface area (Å²) in [5.41, 5.74) is 1.05. The number of anilines is 1. The van der Waals surface area contributed by atoms with Crippen LogP contribution < -0.4 is 10.6 Å². The minimum absolute atomic E-state index is 0.0198. The maximum absolute atomic E-state index is 12.6. The predicted molar refractivity (Wildman–Crippen MR) is 120 cm³/mol. The molecule has 0 fully saturated rings. The maximum Gasteiger partial charge on any atom is 0.341 e. The maximum atomic E-state index is 12.6. The Hall–Kier alpha value is -3.15. The number of nitro groups is 1. The van der Waals surface area contributed by atoms with Crippen LogP contribution in [0.15, 0.2) is 47.2 Å². The van der Waals surface area contributed by atoms with Crippen LogP contribution in [-0.2, 0) is 4.74 Å². The van der Waals surface area contributed by atoms with Gasteiger partial charge in [-0.15, -0.1) is 22.7 Å². The van der Waals surface area contributed by atoms with Crippen molar-refractivity contribution < 1.29 is 19.2 Å². The van der Waals surface area contributed by atoms with Crippen molar-refractivity contribution in [1.82, 2.24) is 5.32 Å². The Labute approximate surface area is 184 Å².